The molecule has 2 rings (SSSR count). The fourth-order valence-electron chi connectivity index (χ4n) is 2.59. The first-order valence-corrected chi connectivity index (χ1v) is 7.83. The molecule has 1 saturated heterocycles. The van der Waals surface area contributed by atoms with E-state index in [1.54, 1.807) is 0 Å². The van der Waals surface area contributed by atoms with E-state index in [1.807, 2.05) is 0 Å². The summed E-state index contributed by atoms with van der Waals surface area (Å²) < 4.78 is 5.85. The van der Waals surface area contributed by atoms with Gasteiger partial charge >= 0.3 is 6.01 Å². The van der Waals surface area contributed by atoms with Gasteiger partial charge in [-0.25, -0.2) is 0 Å². The Bertz CT molecular complexity index is 416. The maximum absolute atomic E-state index is 5.85. The van der Waals surface area contributed by atoms with Crippen molar-refractivity contribution in [1.82, 2.24) is 15.5 Å². The predicted octanol–water partition coefficient (Wildman–Crippen LogP) is 3.15. The van der Waals surface area contributed by atoms with Gasteiger partial charge in [-0.1, -0.05) is 25.9 Å². The molecule has 114 valence electrons. The predicted molar refractivity (Wildman–Crippen MR) is 80.9 cm³/mol. The SMILES string of the molecule is CCCNC(C)c1nnc(N2CCCC(C)(C)CC2)o1. The zero-order chi connectivity index (χ0) is 14.6. The molecular weight excluding hydrogens is 252 g/mol. The molecular formula is C15H28N4O. The molecule has 0 aromatic carbocycles. The number of nitrogens with one attached hydrogen (secondary N) is 1. The van der Waals surface area contributed by atoms with Crippen molar-refractivity contribution in [1.29, 1.82) is 0 Å². The van der Waals surface area contributed by atoms with Crippen LogP contribution in [0.5, 0.6) is 0 Å². The average molecular weight is 280 g/mol. The van der Waals surface area contributed by atoms with Gasteiger partial charge in [0.05, 0.1) is 6.04 Å². The van der Waals surface area contributed by atoms with E-state index in [0.29, 0.717) is 17.3 Å². The normalized spacial score (nSPS) is 20.7. The molecule has 1 unspecified atom stereocenters. The lowest BCUT2D eigenvalue weighted by Crippen LogP contribution is -2.25. The summed E-state index contributed by atoms with van der Waals surface area (Å²) in [5.74, 6) is 0.692. The Labute approximate surface area is 122 Å². The molecule has 0 radical (unpaired) electrons. The molecule has 0 bridgehead atoms. The van der Waals surface area contributed by atoms with Crippen LogP contribution < -0.4 is 10.2 Å². The highest BCUT2D eigenvalue weighted by Gasteiger charge is 2.25. The van der Waals surface area contributed by atoms with Gasteiger partial charge in [-0.2, -0.15) is 0 Å². The van der Waals surface area contributed by atoms with Crippen LogP contribution in [-0.2, 0) is 0 Å². The lowest BCUT2D eigenvalue weighted by molar-refractivity contribution is 0.324. The van der Waals surface area contributed by atoms with Gasteiger partial charge in [0.2, 0.25) is 5.89 Å². The number of nitrogens with zero attached hydrogens (tertiary/aromatic N) is 3. The minimum Gasteiger partial charge on any atom is -0.406 e. The van der Waals surface area contributed by atoms with Gasteiger partial charge < -0.3 is 14.6 Å². The third-order valence-electron chi connectivity index (χ3n) is 4.11. The van der Waals surface area contributed by atoms with Crippen molar-refractivity contribution >= 4 is 6.01 Å². The van der Waals surface area contributed by atoms with Crippen LogP contribution in [0.25, 0.3) is 0 Å². The van der Waals surface area contributed by atoms with Crippen molar-refractivity contribution in [2.45, 2.75) is 59.4 Å². The highest BCUT2D eigenvalue weighted by molar-refractivity contribution is 5.24. The maximum Gasteiger partial charge on any atom is 0.318 e. The second-order valence-corrected chi connectivity index (χ2v) is 6.60. The minimum atomic E-state index is 0.125. The highest BCUT2D eigenvalue weighted by atomic mass is 16.4. The first kappa shape index (κ1) is 15.3. The molecule has 5 nitrogen and oxygen atoms in total. The van der Waals surface area contributed by atoms with Crippen molar-refractivity contribution in [2.75, 3.05) is 24.5 Å². The summed E-state index contributed by atoms with van der Waals surface area (Å²) in [6, 6.07) is 0.808. The first-order valence-electron chi connectivity index (χ1n) is 7.83. The summed E-state index contributed by atoms with van der Waals surface area (Å²) in [7, 11) is 0. The average Bonchev–Trinajstić information content (AvgIpc) is 2.82. The van der Waals surface area contributed by atoms with E-state index in [1.165, 1.54) is 19.3 Å². The Morgan fingerprint density at radius 1 is 1.30 bits per heavy atom. The molecule has 1 aliphatic rings. The van der Waals surface area contributed by atoms with E-state index in [4.69, 9.17) is 4.42 Å². The summed E-state index contributed by atoms with van der Waals surface area (Å²) in [5, 5.41) is 11.8. The van der Waals surface area contributed by atoms with Crippen molar-refractivity contribution in [3.05, 3.63) is 5.89 Å². The molecule has 1 aliphatic heterocycles. The Balaban J connectivity index is 1.97. The van der Waals surface area contributed by atoms with Crippen LogP contribution in [-0.4, -0.2) is 29.8 Å². The number of hydrogen-bond acceptors (Lipinski definition) is 5. The van der Waals surface area contributed by atoms with Gasteiger partial charge in [-0.3, -0.25) is 0 Å². The summed E-state index contributed by atoms with van der Waals surface area (Å²) >= 11 is 0. The third kappa shape index (κ3) is 3.95. The second kappa shape index (κ2) is 6.57. The van der Waals surface area contributed by atoms with E-state index in [2.05, 4.69) is 48.1 Å². The van der Waals surface area contributed by atoms with Crippen molar-refractivity contribution < 1.29 is 4.42 Å². The van der Waals surface area contributed by atoms with Gasteiger partial charge in [0.1, 0.15) is 0 Å². The standard InChI is InChI=1S/C15H28N4O/c1-5-9-16-12(2)13-17-18-14(20-13)19-10-6-7-15(3,4)8-11-19/h12,16H,5-11H2,1-4H3. The van der Waals surface area contributed by atoms with Gasteiger partial charge in [-0.15, -0.1) is 5.10 Å². The van der Waals surface area contributed by atoms with Gasteiger partial charge in [0.25, 0.3) is 0 Å². The Hall–Kier alpha value is -1.10. The van der Waals surface area contributed by atoms with Crippen LogP contribution in [0.3, 0.4) is 0 Å². The molecule has 1 N–H and O–H groups in total. The molecule has 0 amide bonds. The van der Waals surface area contributed by atoms with Crippen molar-refractivity contribution in [2.24, 2.45) is 5.41 Å². The van der Waals surface area contributed by atoms with E-state index in [0.717, 1.165) is 26.1 Å². The molecule has 1 atom stereocenters. The summed E-state index contributed by atoms with van der Waals surface area (Å²) in [6.07, 6.45) is 4.73. The number of anilines is 1. The largest absolute Gasteiger partial charge is 0.406 e. The number of aromatic nitrogens is 2. The van der Waals surface area contributed by atoms with Crippen LogP contribution in [0.1, 0.15) is 65.3 Å². The highest BCUT2D eigenvalue weighted by Crippen LogP contribution is 2.31. The van der Waals surface area contributed by atoms with E-state index >= 15 is 0 Å². The summed E-state index contributed by atoms with van der Waals surface area (Å²) in [5.41, 5.74) is 0.424. The molecule has 2 heterocycles. The molecule has 1 aromatic rings. The van der Waals surface area contributed by atoms with Gasteiger partial charge in [0, 0.05) is 13.1 Å². The lowest BCUT2D eigenvalue weighted by Gasteiger charge is -2.22. The topological polar surface area (TPSA) is 54.2 Å². The van der Waals surface area contributed by atoms with E-state index < -0.39 is 0 Å². The van der Waals surface area contributed by atoms with Crippen LogP contribution in [0, 0.1) is 5.41 Å². The van der Waals surface area contributed by atoms with Crippen molar-refractivity contribution in [3.8, 4) is 0 Å². The van der Waals surface area contributed by atoms with Gasteiger partial charge in [-0.05, 0) is 44.6 Å². The zero-order valence-electron chi connectivity index (χ0n) is 13.3. The smallest absolute Gasteiger partial charge is 0.318 e. The Kier molecular flexibility index (Phi) is 5.02. The van der Waals surface area contributed by atoms with E-state index in [9.17, 15) is 0 Å². The van der Waals surface area contributed by atoms with Crippen LogP contribution >= 0.6 is 0 Å². The zero-order valence-corrected chi connectivity index (χ0v) is 13.3. The first-order chi connectivity index (χ1) is 9.52. The summed E-state index contributed by atoms with van der Waals surface area (Å²) in [6.45, 7) is 11.9. The quantitative estimate of drug-likeness (QED) is 0.898. The lowest BCUT2D eigenvalue weighted by atomic mass is 9.85. The summed E-state index contributed by atoms with van der Waals surface area (Å²) in [4.78, 5) is 2.23. The molecule has 0 spiro atoms. The van der Waals surface area contributed by atoms with Gasteiger partial charge in [0.15, 0.2) is 0 Å². The maximum atomic E-state index is 5.85. The Morgan fingerprint density at radius 2 is 2.10 bits per heavy atom. The molecule has 5 heteroatoms. The number of hydrogen-bond donors (Lipinski definition) is 1. The minimum absolute atomic E-state index is 0.125. The molecule has 20 heavy (non-hydrogen) atoms. The fourth-order valence-corrected chi connectivity index (χ4v) is 2.59. The molecule has 0 saturated carbocycles. The van der Waals surface area contributed by atoms with Crippen LogP contribution in [0.15, 0.2) is 4.42 Å². The van der Waals surface area contributed by atoms with Crippen LogP contribution in [0.2, 0.25) is 0 Å². The Morgan fingerprint density at radius 3 is 2.85 bits per heavy atom. The monoisotopic (exact) mass is 280 g/mol. The van der Waals surface area contributed by atoms with E-state index in [-0.39, 0.29) is 6.04 Å². The van der Waals surface area contributed by atoms with Crippen LogP contribution in [0.4, 0.5) is 6.01 Å². The number of rotatable bonds is 5. The van der Waals surface area contributed by atoms with Crippen molar-refractivity contribution in [3.63, 3.8) is 0 Å². The molecule has 0 aliphatic carbocycles. The third-order valence-corrected chi connectivity index (χ3v) is 4.11. The molecule has 1 fully saturated rings. The molecule has 1 aromatic heterocycles. The second-order valence-electron chi connectivity index (χ2n) is 6.60. The fraction of sp³-hybridized carbons (Fsp3) is 0.867.